The monoisotopic (exact) mass is 356 g/mol. The number of guanidine groups is 1. The smallest absolute Gasteiger partial charge is 0.193 e. The van der Waals surface area contributed by atoms with E-state index in [0.29, 0.717) is 11.9 Å². The van der Waals surface area contributed by atoms with Gasteiger partial charge in [-0.2, -0.15) is 0 Å². The highest BCUT2D eigenvalue weighted by Gasteiger charge is 2.23. The molecule has 0 saturated carbocycles. The number of benzene rings is 2. The lowest BCUT2D eigenvalue weighted by Gasteiger charge is -2.21. The van der Waals surface area contributed by atoms with Gasteiger partial charge in [-0.1, -0.05) is 29.8 Å². The van der Waals surface area contributed by atoms with Crippen LogP contribution in [-0.4, -0.2) is 25.6 Å². The van der Waals surface area contributed by atoms with Gasteiger partial charge >= 0.3 is 0 Å². The van der Waals surface area contributed by atoms with E-state index in [0.717, 1.165) is 36.8 Å². The Kier molecular flexibility index (Phi) is 5.49. The summed E-state index contributed by atoms with van der Waals surface area (Å²) in [4.78, 5) is 6.92. The lowest BCUT2D eigenvalue weighted by molar-refractivity contribution is 0.603. The zero-order chi connectivity index (χ0) is 17.8. The van der Waals surface area contributed by atoms with E-state index in [1.165, 1.54) is 16.8 Å². The number of aliphatic imine (C=N–C) groups is 1. The fraction of sp³-hybridized carbons (Fsp3) is 0.350. The molecule has 132 valence electrons. The SMILES string of the molecule is Cc1cccc(NC(N)=NCC2CCN(c3cc(Cl)ccc3C)C2)c1. The maximum atomic E-state index is 6.15. The van der Waals surface area contributed by atoms with Gasteiger partial charge in [0.05, 0.1) is 0 Å². The van der Waals surface area contributed by atoms with Crippen molar-refractivity contribution in [3.05, 3.63) is 58.6 Å². The van der Waals surface area contributed by atoms with Crippen molar-refractivity contribution < 1.29 is 0 Å². The van der Waals surface area contributed by atoms with Crippen LogP contribution in [0.4, 0.5) is 11.4 Å². The molecule has 2 aromatic rings. The van der Waals surface area contributed by atoms with Gasteiger partial charge in [-0.15, -0.1) is 0 Å². The highest BCUT2D eigenvalue weighted by atomic mass is 35.5. The number of hydrogen-bond donors (Lipinski definition) is 2. The Morgan fingerprint density at radius 2 is 2.12 bits per heavy atom. The first-order valence-electron chi connectivity index (χ1n) is 8.66. The fourth-order valence-electron chi connectivity index (χ4n) is 3.26. The van der Waals surface area contributed by atoms with Crippen molar-refractivity contribution in [1.29, 1.82) is 0 Å². The van der Waals surface area contributed by atoms with E-state index < -0.39 is 0 Å². The lowest BCUT2D eigenvalue weighted by atomic mass is 10.1. The summed E-state index contributed by atoms with van der Waals surface area (Å²) in [6.45, 7) is 6.94. The van der Waals surface area contributed by atoms with Crippen molar-refractivity contribution in [2.24, 2.45) is 16.6 Å². The van der Waals surface area contributed by atoms with Gasteiger partial charge in [0.15, 0.2) is 5.96 Å². The molecule has 4 nitrogen and oxygen atoms in total. The second kappa shape index (κ2) is 7.79. The molecule has 1 fully saturated rings. The molecule has 3 N–H and O–H groups in total. The zero-order valence-electron chi connectivity index (χ0n) is 14.8. The normalized spacial score (nSPS) is 17.8. The minimum Gasteiger partial charge on any atom is -0.371 e. The Labute approximate surface area is 154 Å². The second-order valence-corrected chi connectivity index (χ2v) is 7.19. The fourth-order valence-corrected chi connectivity index (χ4v) is 3.43. The Morgan fingerprint density at radius 3 is 2.92 bits per heavy atom. The van der Waals surface area contributed by atoms with Crippen molar-refractivity contribution in [2.45, 2.75) is 20.3 Å². The number of aryl methyl sites for hydroxylation is 2. The van der Waals surface area contributed by atoms with Gasteiger partial charge in [0.25, 0.3) is 0 Å². The van der Waals surface area contributed by atoms with E-state index in [2.05, 4.69) is 53.3 Å². The number of nitrogens with zero attached hydrogens (tertiary/aromatic N) is 2. The quantitative estimate of drug-likeness (QED) is 0.637. The minimum atomic E-state index is 0.475. The van der Waals surface area contributed by atoms with Gasteiger partial charge < -0.3 is 16.0 Å². The van der Waals surface area contributed by atoms with E-state index in [1.807, 2.05) is 18.2 Å². The van der Waals surface area contributed by atoms with Gasteiger partial charge in [-0.05, 0) is 61.6 Å². The molecule has 2 aromatic carbocycles. The largest absolute Gasteiger partial charge is 0.371 e. The van der Waals surface area contributed by atoms with Crippen LogP contribution in [0.5, 0.6) is 0 Å². The molecular formula is C20H25ClN4. The summed E-state index contributed by atoms with van der Waals surface area (Å²) in [5.41, 5.74) is 10.7. The molecule has 0 spiro atoms. The maximum Gasteiger partial charge on any atom is 0.193 e. The first-order valence-corrected chi connectivity index (χ1v) is 9.04. The first-order chi connectivity index (χ1) is 12.0. The van der Waals surface area contributed by atoms with Crippen LogP contribution in [0.25, 0.3) is 0 Å². The molecule has 5 heteroatoms. The van der Waals surface area contributed by atoms with E-state index in [9.17, 15) is 0 Å². The maximum absolute atomic E-state index is 6.15. The van der Waals surface area contributed by atoms with Crippen LogP contribution >= 0.6 is 11.6 Å². The van der Waals surface area contributed by atoms with Crippen LogP contribution in [0, 0.1) is 19.8 Å². The van der Waals surface area contributed by atoms with E-state index in [-0.39, 0.29) is 0 Å². The summed E-state index contributed by atoms with van der Waals surface area (Å²) in [5, 5.41) is 3.95. The van der Waals surface area contributed by atoms with Crippen LogP contribution in [-0.2, 0) is 0 Å². The standard InChI is InChI=1S/C20H25ClN4/c1-14-4-3-5-18(10-14)24-20(22)23-12-16-8-9-25(13-16)19-11-17(21)7-6-15(19)2/h3-7,10-11,16H,8-9,12-13H2,1-2H3,(H3,22,23,24). The molecule has 1 aliphatic heterocycles. The van der Waals surface area contributed by atoms with Crippen LogP contribution in [0.1, 0.15) is 17.5 Å². The third kappa shape index (κ3) is 4.67. The van der Waals surface area contributed by atoms with E-state index in [1.54, 1.807) is 0 Å². The topological polar surface area (TPSA) is 53.6 Å². The molecule has 1 unspecified atom stereocenters. The van der Waals surface area contributed by atoms with Crippen LogP contribution in [0.3, 0.4) is 0 Å². The third-order valence-corrected chi connectivity index (χ3v) is 4.84. The minimum absolute atomic E-state index is 0.475. The van der Waals surface area contributed by atoms with Gasteiger partial charge in [0, 0.05) is 36.0 Å². The zero-order valence-corrected chi connectivity index (χ0v) is 15.6. The summed E-state index contributed by atoms with van der Waals surface area (Å²) < 4.78 is 0. The van der Waals surface area contributed by atoms with Crippen LogP contribution < -0.4 is 16.0 Å². The third-order valence-electron chi connectivity index (χ3n) is 4.61. The van der Waals surface area contributed by atoms with E-state index in [4.69, 9.17) is 17.3 Å². The molecule has 1 aliphatic rings. The number of anilines is 2. The van der Waals surface area contributed by atoms with Crippen molar-refractivity contribution in [3.63, 3.8) is 0 Å². The molecule has 1 atom stereocenters. The van der Waals surface area contributed by atoms with E-state index >= 15 is 0 Å². The number of rotatable bonds is 4. The summed E-state index contributed by atoms with van der Waals surface area (Å²) in [6.07, 6.45) is 1.12. The molecule has 0 amide bonds. The summed E-state index contributed by atoms with van der Waals surface area (Å²) in [5.74, 6) is 0.985. The Balaban J connectivity index is 1.57. The molecular weight excluding hydrogens is 332 g/mol. The van der Waals surface area contributed by atoms with Gasteiger partial charge in [0.1, 0.15) is 0 Å². The number of nitrogens with two attached hydrogens (primary N) is 1. The van der Waals surface area contributed by atoms with Gasteiger partial charge in [-0.3, -0.25) is 4.99 Å². The molecule has 0 aromatic heterocycles. The summed E-state index contributed by atoms with van der Waals surface area (Å²) >= 11 is 6.15. The highest BCUT2D eigenvalue weighted by Crippen LogP contribution is 2.29. The predicted octanol–water partition coefficient (Wildman–Crippen LogP) is 4.21. The van der Waals surface area contributed by atoms with Crippen molar-refractivity contribution in [3.8, 4) is 0 Å². The molecule has 0 aliphatic carbocycles. The number of nitrogens with one attached hydrogen (secondary N) is 1. The lowest BCUT2D eigenvalue weighted by Crippen LogP contribution is -2.25. The van der Waals surface area contributed by atoms with Crippen molar-refractivity contribution >= 4 is 28.9 Å². The second-order valence-electron chi connectivity index (χ2n) is 6.75. The predicted molar refractivity (Wildman–Crippen MR) is 108 cm³/mol. The Morgan fingerprint density at radius 1 is 1.28 bits per heavy atom. The summed E-state index contributed by atoms with van der Waals surface area (Å²) in [6, 6.07) is 14.2. The average molecular weight is 357 g/mol. The molecule has 0 radical (unpaired) electrons. The number of hydrogen-bond acceptors (Lipinski definition) is 2. The molecule has 3 rings (SSSR count). The van der Waals surface area contributed by atoms with Crippen molar-refractivity contribution in [2.75, 3.05) is 29.9 Å². The van der Waals surface area contributed by atoms with Crippen LogP contribution in [0.2, 0.25) is 5.02 Å². The Bertz CT molecular complexity index is 772. The van der Waals surface area contributed by atoms with Crippen molar-refractivity contribution in [1.82, 2.24) is 0 Å². The van der Waals surface area contributed by atoms with Gasteiger partial charge in [0.2, 0.25) is 0 Å². The van der Waals surface area contributed by atoms with Gasteiger partial charge in [-0.25, -0.2) is 0 Å². The first kappa shape index (κ1) is 17.6. The Hall–Kier alpha value is -2.20. The molecule has 0 bridgehead atoms. The molecule has 1 saturated heterocycles. The molecule has 25 heavy (non-hydrogen) atoms. The molecule has 1 heterocycles. The highest BCUT2D eigenvalue weighted by molar-refractivity contribution is 6.30. The number of halogens is 1. The summed E-state index contributed by atoms with van der Waals surface area (Å²) in [7, 11) is 0. The van der Waals surface area contributed by atoms with Crippen LogP contribution in [0.15, 0.2) is 47.5 Å². The average Bonchev–Trinajstić information content (AvgIpc) is 3.04.